The van der Waals surface area contributed by atoms with Gasteiger partial charge in [-0.3, -0.25) is 4.79 Å². The molecule has 1 rings (SSSR count). The van der Waals surface area contributed by atoms with Gasteiger partial charge in [-0.05, 0) is 12.2 Å². The number of carbonyl (C=O) groups is 2. The number of thioether (sulfide) groups is 1. The summed E-state index contributed by atoms with van der Waals surface area (Å²) in [6.45, 7) is -0.331. The number of terminal acetylenes is 1. The fourth-order valence-electron chi connectivity index (χ4n) is 1.67. The molecule has 1 aliphatic rings. The first-order valence-corrected chi connectivity index (χ1v) is 6.46. The number of hydrogen-bond acceptors (Lipinski definition) is 3. The van der Waals surface area contributed by atoms with Crippen LogP contribution in [0.15, 0.2) is 0 Å². The summed E-state index contributed by atoms with van der Waals surface area (Å²) in [6.07, 6.45) is 6.09. The Kier molecular flexibility index (Phi) is 5.16. The third kappa shape index (κ3) is 3.86. The Bertz CT molecular complexity index is 334. The first-order valence-electron chi connectivity index (χ1n) is 5.31. The van der Waals surface area contributed by atoms with E-state index in [9.17, 15) is 9.59 Å². The third-order valence-electron chi connectivity index (χ3n) is 2.63. The van der Waals surface area contributed by atoms with E-state index in [0.717, 1.165) is 17.9 Å². The molecule has 94 valence electrons. The average molecular weight is 256 g/mol. The molecule has 1 fully saturated rings. The Morgan fingerprint density at radius 3 is 2.76 bits per heavy atom. The van der Waals surface area contributed by atoms with Crippen molar-refractivity contribution in [3.63, 3.8) is 0 Å². The maximum Gasteiger partial charge on any atom is 0.323 e. The van der Waals surface area contributed by atoms with Crippen molar-refractivity contribution in [2.75, 3.05) is 31.6 Å². The summed E-state index contributed by atoms with van der Waals surface area (Å²) in [4.78, 5) is 25.5. The molecule has 17 heavy (non-hydrogen) atoms. The molecule has 0 radical (unpaired) electrons. The molecule has 5 nitrogen and oxygen atoms in total. The summed E-state index contributed by atoms with van der Waals surface area (Å²) < 4.78 is 0. The smallest absolute Gasteiger partial charge is 0.323 e. The van der Waals surface area contributed by atoms with Gasteiger partial charge in [0.25, 0.3) is 0 Å². The van der Waals surface area contributed by atoms with Crippen LogP contribution in [0.25, 0.3) is 0 Å². The number of aliphatic carboxylic acids is 1. The molecule has 0 spiro atoms. The maximum atomic E-state index is 12.0. The molecular formula is C11H16N2O3S. The van der Waals surface area contributed by atoms with Crippen molar-refractivity contribution in [3.05, 3.63) is 0 Å². The number of carboxylic acid groups (broad SMARTS) is 1. The van der Waals surface area contributed by atoms with Gasteiger partial charge < -0.3 is 14.9 Å². The van der Waals surface area contributed by atoms with Crippen LogP contribution in [0.4, 0.5) is 4.79 Å². The zero-order chi connectivity index (χ0) is 12.8. The number of carbonyl (C=O) groups excluding carboxylic acids is 1. The lowest BCUT2D eigenvalue weighted by atomic mass is 10.2. The van der Waals surface area contributed by atoms with Crippen molar-refractivity contribution in [2.24, 2.45) is 0 Å². The molecule has 1 heterocycles. The van der Waals surface area contributed by atoms with Gasteiger partial charge in [0, 0.05) is 18.8 Å². The number of rotatable bonds is 4. The highest BCUT2D eigenvalue weighted by Gasteiger charge is 2.27. The second kappa shape index (κ2) is 6.40. The molecule has 0 aromatic rings. The second-order valence-corrected chi connectivity index (χ2v) is 5.01. The lowest BCUT2D eigenvalue weighted by Crippen LogP contribution is -2.47. The van der Waals surface area contributed by atoms with Crippen molar-refractivity contribution in [1.29, 1.82) is 0 Å². The van der Waals surface area contributed by atoms with Crippen LogP contribution in [0.1, 0.15) is 6.42 Å². The van der Waals surface area contributed by atoms with Gasteiger partial charge in [-0.25, -0.2) is 4.79 Å². The van der Waals surface area contributed by atoms with E-state index in [0.29, 0.717) is 0 Å². The van der Waals surface area contributed by atoms with Gasteiger partial charge in [-0.2, -0.15) is 11.8 Å². The topological polar surface area (TPSA) is 60.9 Å². The van der Waals surface area contributed by atoms with E-state index in [-0.39, 0.29) is 25.2 Å². The summed E-state index contributed by atoms with van der Waals surface area (Å²) in [5.41, 5.74) is 0. The summed E-state index contributed by atoms with van der Waals surface area (Å²) >= 11 is 1.80. The van der Waals surface area contributed by atoms with Crippen LogP contribution in [0.5, 0.6) is 0 Å². The lowest BCUT2D eigenvalue weighted by molar-refractivity contribution is -0.137. The van der Waals surface area contributed by atoms with Crippen LogP contribution in [-0.4, -0.2) is 64.6 Å². The monoisotopic (exact) mass is 256 g/mol. The highest BCUT2D eigenvalue weighted by Crippen LogP contribution is 2.22. The molecular weight excluding hydrogens is 240 g/mol. The molecule has 6 heteroatoms. The van der Waals surface area contributed by atoms with Crippen LogP contribution < -0.4 is 0 Å². The zero-order valence-corrected chi connectivity index (χ0v) is 10.6. The predicted octanol–water partition coefficient (Wildman–Crippen LogP) is 0.564. The molecule has 1 unspecified atom stereocenters. The molecule has 1 aliphatic heterocycles. The molecule has 2 amide bonds. The Morgan fingerprint density at radius 2 is 2.29 bits per heavy atom. The van der Waals surface area contributed by atoms with E-state index < -0.39 is 5.97 Å². The van der Waals surface area contributed by atoms with Gasteiger partial charge in [0.2, 0.25) is 0 Å². The maximum absolute atomic E-state index is 12.0. The number of nitrogens with zero attached hydrogens (tertiary/aromatic N) is 2. The standard InChI is InChI=1S/C11H16N2O3S/c1-3-5-13(7-10(14)15)11(16)12(2)9-4-6-17-8-9/h1,9H,4-8H2,2H3,(H,14,15). The fraction of sp³-hybridized carbons (Fsp3) is 0.636. The molecule has 0 bridgehead atoms. The number of hydrogen-bond donors (Lipinski definition) is 1. The quantitative estimate of drug-likeness (QED) is 0.747. The van der Waals surface area contributed by atoms with E-state index in [2.05, 4.69) is 5.92 Å². The first kappa shape index (κ1) is 13.7. The Morgan fingerprint density at radius 1 is 1.59 bits per heavy atom. The summed E-state index contributed by atoms with van der Waals surface area (Å²) in [5, 5.41) is 8.72. The molecule has 0 saturated carbocycles. The van der Waals surface area contributed by atoms with Crippen LogP contribution in [0.2, 0.25) is 0 Å². The Labute approximate surface area is 105 Å². The van der Waals surface area contributed by atoms with Crippen LogP contribution >= 0.6 is 11.8 Å². The Hall–Kier alpha value is -1.35. The van der Waals surface area contributed by atoms with Crippen LogP contribution in [0.3, 0.4) is 0 Å². The second-order valence-electron chi connectivity index (χ2n) is 3.86. The van der Waals surface area contributed by atoms with Crippen molar-refractivity contribution in [3.8, 4) is 12.3 Å². The van der Waals surface area contributed by atoms with Gasteiger partial charge in [0.15, 0.2) is 0 Å². The molecule has 0 aromatic carbocycles. The predicted molar refractivity (Wildman–Crippen MR) is 66.9 cm³/mol. The van der Waals surface area contributed by atoms with Gasteiger partial charge in [0.05, 0.1) is 6.54 Å². The Balaban J connectivity index is 2.62. The van der Waals surface area contributed by atoms with Crippen molar-refractivity contribution < 1.29 is 14.7 Å². The fourth-order valence-corrected chi connectivity index (χ4v) is 2.94. The van der Waals surface area contributed by atoms with Crippen LogP contribution in [-0.2, 0) is 4.79 Å². The average Bonchev–Trinajstić information content (AvgIpc) is 2.79. The van der Waals surface area contributed by atoms with Crippen molar-refractivity contribution >= 4 is 23.8 Å². The van der Waals surface area contributed by atoms with Crippen molar-refractivity contribution in [2.45, 2.75) is 12.5 Å². The zero-order valence-electron chi connectivity index (χ0n) is 9.76. The SMILES string of the molecule is C#CCN(CC(=O)O)C(=O)N(C)C1CCSC1. The molecule has 0 aromatic heterocycles. The van der Waals surface area contributed by atoms with E-state index in [1.165, 1.54) is 4.90 Å². The minimum absolute atomic E-state index is 0.0232. The highest BCUT2D eigenvalue weighted by atomic mass is 32.2. The minimum Gasteiger partial charge on any atom is -0.480 e. The van der Waals surface area contributed by atoms with Gasteiger partial charge in [-0.15, -0.1) is 6.42 Å². The summed E-state index contributed by atoms with van der Waals surface area (Å²) in [7, 11) is 1.70. The number of urea groups is 1. The highest BCUT2D eigenvalue weighted by molar-refractivity contribution is 7.99. The lowest BCUT2D eigenvalue weighted by Gasteiger charge is -2.29. The molecule has 0 aliphatic carbocycles. The molecule has 1 atom stereocenters. The summed E-state index contributed by atoms with van der Waals surface area (Å²) in [5.74, 6) is 3.20. The molecule has 1 saturated heterocycles. The van der Waals surface area contributed by atoms with E-state index in [1.54, 1.807) is 23.7 Å². The summed E-state index contributed by atoms with van der Waals surface area (Å²) in [6, 6.07) is -0.126. The van der Waals surface area contributed by atoms with E-state index >= 15 is 0 Å². The van der Waals surface area contributed by atoms with Crippen molar-refractivity contribution in [1.82, 2.24) is 9.80 Å². The number of amides is 2. The molecule has 1 N–H and O–H groups in total. The van der Waals surface area contributed by atoms with Gasteiger partial charge in [0.1, 0.15) is 6.54 Å². The van der Waals surface area contributed by atoms with E-state index in [1.807, 2.05) is 0 Å². The number of carboxylic acids is 1. The van der Waals surface area contributed by atoms with Gasteiger partial charge in [-0.1, -0.05) is 5.92 Å². The third-order valence-corrected chi connectivity index (χ3v) is 3.78. The normalized spacial score (nSPS) is 18.5. The minimum atomic E-state index is -1.05. The largest absolute Gasteiger partial charge is 0.480 e. The van der Waals surface area contributed by atoms with E-state index in [4.69, 9.17) is 11.5 Å². The van der Waals surface area contributed by atoms with Gasteiger partial charge >= 0.3 is 12.0 Å². The van der Waals surface area contributed by atoms with Crippen LogP contribution in [0, 0.1) is 12.3 Å². The first-order chi connectivity index (χ1) is 8.06.